The normalized spacial score (nSPS) is 20.9. The molecular formula is C17H28N2O. The van der Waals surface area contributed by atoms with E-state index < -0.39 is 0 Å². The third-order valence-electron chi connectivity index (χ3n) is 4.25. The molecule has 3 nitrogen and oxygen atoms in total. The fourth-order valence-electron chi connectivity index (χ4n) is 2.96. The molecule has 0 bridgehead atoms. The molecule has 1 aliphatic heterocycles. The SMILES string of the molecule is CCC(N)Cc1ccc(N2CCCC(COC)C2)cc1. The molecule has 2 unspecified atom stereocenters. The molecule has 0 aromatic heterocycles. The van der Waals surface area contributed by atoms with Gasteiger partial charge in [0.25, 0.3) is 0 Å². The first kappa shape index (κ1) is 15.3. The Labute approximate surface area is 123 Å². The van der Waals surface area contributed by atoms with Gasteiger partial charge in [0.1, 0.15) is 0 Å². The zero-order chi connectivity index (χ0) is 14.4. The first-order valence-electron chi connectivity index (χ1n) is 7.81. The van der Waals surface area contributed by atoms with Gasteiger partial charge in [-0.05, 0) is 49.3 Å². The molecule has 0 aliphatic carbocycles. The van der Waals surface area contributed by atoms with Gasteiger partial charge in [-0.15, -0.1) is 0 Å². The smallest absolute Gasteiger partial charge is 0.0507 e. The Balaban J connectivity index is 1.95. The Morgan fingerprint density at radius 2 is 2.10 bits per heavy atom. The van der Waals surface area contributed by atoms with Crippen molar-refractivity contribution in [1.82, 2.24) is 0 Å². The van der Waals surface area contributed by atoms with Crippen molar-refractivity contribution in [3.8, 4) is 0 Å². The van der Waals surface area contributed by atoms with Gasteiger partial charge in [-0.3, -0.25) is 0 Å². The van der Waals surface area contributed by atoms with Gasteiger partial charge in [-0.1, -0.05) is 19.1 Å². The van der Waals surface area contributed by atoms with Crippen LogP contribution in [0.3, 0.4) is 0 Å². The highest BCUT2D eigenvalue weighted by molar-refractivity contribution is 5.48. The molecule has 2 rings (SSSR count). The fraction of sp³-hybridized carbons (Fsp3) is 0.647. The summed E-state index contributed by atoms with van der Waals surface area (Å²) in [6, 6.07) is 9.22. The standard InChI is InChI=1S/C17H28N2O/c1-3-16(18)11-14-6-8-17(9-7-14)19-10-4-5-15(12-19)13-20-2/h6-9,15-16H,3-5,10-13,18H2,1-2H3. The Bertz CT molecular complexity index is 388. The number of hydrogen-bond acceptors (Lipinski definition) is 3. The van der Waals surface area contributed by atoms with E-state index in [-0.39, 0.29) is 6.04 Å². The van der Waals surface area contributed by atoms with Gasteiger partial charge in [0.15, 0.2) is 0 Å². The second-order valence-electron chi connectivity index (χ2n) is 5.95. The Kier molecular flexibility index (Phi) is 5.86. The quantitative estimate of drug-likeness (QED) is 0.868. The van der Waals surface area contributed by atoms with Crippen molar-refractivity contribution < 1.29 is 4.74 Å². The van der Waals surface area contributed by atoms with Crippen LogP contribution in [0.1, 0.15) is 31.7 Å². The molecule has 0 radical (unpaired) electrons. The van der Waals surface area contributed by atoms with E-state index >= 15 is 0 Å². The lowest BCUT2D eigenvalue weighted by Crippen LogP contribution is -2.37. The summed E-state index contributed by atoms with van der Waals surface area (Å²) in [5.74, 6) is 0.668. The van der Waals surface area contributed by atoms with Crippen molar-refractivity contribution in [3.05, 3.63) is 29.8 Å². The van der Waals surface area contributed by atoms with Crippen molar-refractivity contribution in [2.45, 2.75) is 38.6 Å². The van der Waals surface area contributed by atoms with Gasteiger partial charge >= 0.3 is 0 Å². The van der Waals surface area contributed by atoms with Crippen LogP contribution in [0, 0.1) is 5.92 Å². The zero-order valence-electron chi connectivity index (χ0n) is 12.8. The summed E-state index contributed by atoms with van der Waals surface area (Å²) >= 11 is 0. The van der Waals surface area contributed by atoms with Gasteiger partial charge in [0, 0.05) is 31.9 Å². The molecule has 1 heterocycles. The molecule has 1 aromatic carbocycles. The molecular weight excluding hydrogens is 248 g/mol. The maximum absolute atomic E-state index is 6.01. The molecule has 0 spiro atoms. The summed E-state index contributed by atoms with van der Waals surface area (Å²) in [5.41, 5.74) is 8.69. The van der Waals surface area contributed by atoms with E-state index in [4.69, 9.17) is 10.5 Å². The van der Waals surface area contributed by atoms with Crippen molar-refractivity contribution >= 4 is 5.69 Å². The van der Waals surface area contributed by atoms with Gasteiger partial charge in [-0.2, -0.15) is 0 Å². The zero-order valence-corrected chi connectivity index (χ0v) is 12.8. The highest BCUT2D eigenvalue weighted by atomic mass is 16.5. The molecule has 3 heteroatoms. The number of nitrogens with two attached hydrogens (primary N) is 1. The number of piperidine rings is 1. The largest absolute Gasteiger partial charge is 0.384 e. The average Bonchev–Trinajstić information content (AvgIpc) is 2.48. The van der Waals surface area contributed by atoms with Crippen molar-refractivity contribution in [1.29, 1.82) is 0 Å². The van der Waals surface area contributed by atoms with E-state index in [1.165, 1.54) is 24.1 Å². The highest BCUT2D eigenvalue weighted by Crippen LogP contribution is 2.24. The summed E-state index contributed by atoms with van der Waals surface area (Å²) in [7, 11) is 1.80. The van der Waals surface area contributed by atoms with Gasteiger partial charge in [0.05, 0.1) is 6.61 Å². The maximum Gasteiger partial charge on any atom is 0.0507 e. The number of methoxy groups -OCH3 is 1. The number of anilines is 1. The molecule has 1 fully saturated rings. The van der Waals surface area contributed by atoms with Crippen LogP contribution in [0.25, 0.3) is 0 Å². The predicted octanol–water partition coefficient (Wildman–Crippen LogP) is 2.83. The monoisotopic (exact) mass is 276 g/mol. The van der Waals surface area contributed by atoms with E-state index in [9.17, 15) is 0 Å². The maximum atomic E-state index is 6.01. The molecule has 0 saturated carbocycles. The minimum Gasteiger partial charge on any atom is -0.384 e. The second kappa shape index (κ2) is 7.65. The van der Waals surface area contributed by atoms with Gasteiger partial charge in [-0.25, -0.2) is 0 Å². The third kappa shape index (κ3) is 4.22. The first-order valence-corrected chi connectivity index (χ1v) is 7.81. The molecule has 1 saturated heterocycles. The third-order valence-corrected chi connectivity index (χ3v) is 4.25. The molecule has 1 aliphatic rings. The van der Waals surface area contributed by atoms with E-state index in [1.807, 2.05) is 0 Å². The van der Waals surface area contributed by atoms with Crippen LogP contribution in [0.2, 0.25) is 0 Å². The molecule has 112 valence electrons. The fourth-order valence-corrected chi connectivity index (χ4v) is 2.96. The van der Waals surface area contributed by atoms with E-state index in [1.54, 1.807) is 7.11 Å². The summed E-state index contributed by atoms with van der Waals surface area (Å²) < 4.78 is 5.30. The highest BCUT2D eigenvalue weighted by Gasteiger charge is 2.19. The Hall–Kier alpha value is -1.06. The van der Waals surface area contributed by atoms with Crippen LogP contribution in [-0.4, -0.2) is 32.8 Å². The molecule has 20 heavy (non-hydrogen) atoms. The lowest BCUT2D eigenvalue weighted by atomic mass is 9.98. The number of hydrogen-bond donors (Lipinski definition) is 1. The van der Waals surface area contributed by atoms with Crippen LogP contribution in [0.5, 0.6) is 0 Å². The van der Waals surface area contributed by atoms with Crippen molar-refractivity contribution in [2.24, 2.45) is 11.7 Å². The number of nitrogens with zero attached hydrogens (tertiary/aromatic N) is 1. The van der Waals surface area contributed by atoms with Crippen LogP contribution in [0.15, 0.2) is 24.3 Å². The summed E-state index contributed by atoms with van der Waals surface area (Å²) in [6.45, 7) is 5.29. The van der Waals surface area contributed by atoms with Gasteiger partial charge < -0.3 is 15.4 Å². The molecule has 2 atom stereocenters. The van der Waals surface area contributed by atoms with E-state index in [2.05, 4.69) is 36.1 Å². The minimum atomic E-state index is 0.280. The van der Waals surface area contributed by atoms with Crippen molar-refractivity contribution in [2.75, 3.05) is 31.7 Å². The number of rotatable bonds is 6. The number of ether oxygens (including phenoxy) is 1. The topological polar surface area (TPSA) is 38.5 Å². The summed E-state index contributed by atoms with van der Waals surface area (Å²) in [6.07, 6.45) is 4.56. The summed E-state index contributed by atoms with van der Waals surface area (Å²) in [5, 5.41) is 0. The predicted molar refractivity (Wildman–Crippen MR) is 85.2 cm³/mol. The van der Waals surface area contributed by atoms with Gasteiger partial charge in [0.2, 0.25) is 0 Å². The lowest BCUT2D eigenvalue weighted by Gasteiger charge is -2.34. The lowest BCUT2D eigenvalue weighted by molar-refractivity contribution is 0.143. The first-order chi connectivity index (χ1) is 9.72. The molecule has 0 amide bonds. The van der Waals surface area contributed by atoms with Crippen LogP contribution < -0.4 is 10.6 Å². The average molecular weight is 276 g/mol. The van der Waals surface area contributed by atoms with Crippen molar-refractivity contribution in [3.63, 3.8) is 0 Å². The van der Waals surface area contributed by atoms with Crippen LogP contribution >= 0.6 is 0 Å². The summed E-state index contributed by atoms with van der Waals surface area (Å²) in [4.78, 5) is 2.48. The number of benzene rings is 1. The molecule has 1 aromatic rings. The molecule has 2 N–H and O–H groups in total. The minimum absolute atomic E-state index is 0.280. The van der Waals surface area contributed by atoms with E-state index in [0.29, 0.717) is 5.92 Å². The van der Waals surface area contributed by atoms with Crippen LogP contribution in [0.4, 0.5) is 5.69 Å². The Morgan fingerprint density at radius 3 is 2.75 bits per heavy atom. The second-order valence-corrected chi connectivity index (χ2v) is 5.95. The van der Waals surface area contributed by atoms with E-state index in [0.717, 1.165) is 32.5 Å². The Morgan fingerprint density at radius 1 is 1.35 bits per heavy atom. The van der Waals surface area contributed by atoms with Crippen LogP contribution in [-0.2, 0) is 11.2 Å².